The standard InChI is InChI=1S/C54H36NOSSi2/c1-4-16-37(17-5-1)38-28-31-43-44-32-29-40(35-46(44)56-45(43)34-38)55(39-18-6-2-7-19-39)41-30-33-50-54(36-41)59(51-25-13-10-22-47(51)57-48-23-11-14-26-52(48)59)53-27-15-12-24-49(53)58(50)42-20-8-3-9-21-42/h1-36H. The number of rotatable bonds is 5. The fourth-order valence-corrected chi connectivity index (χ4v) is 21.4. The minimum Gasteiger partial charge on any atom is -0.456 e. The molecule has 0 amide bonds. The van der Waals surface area contributed by atoms with Crippen molar-refractivity contribution < 1.29 is 4.42 Å². The molecule has 277 valence electrons. The van der Waals surface area contributed by atoms with E-state index in [9.17, 15) is 0 Å². The molecule has 0 unspecified atom stereocenters. The van der Waals surface area contributed by atoms with Crippen molar-refractivity contribution >= 4 is 104 Å². The Balaban J connectivity index is 1.12. The first-order valence-corrected chi connectivity index (χ1v) is 24.5. The molecule has 1 radical (unpaired) electrons. The molecule has 59 heavy (non-hydrogen) atoms. The van der Waals surface area contributed by atoms with Gasteiger partial charge in [-0.05, 0) is 92.5 Å². The predicted octanol–water partition coefficient (Wildman–Crippen LogP) is 9.39. The summed E-state index contributed by atoms with van der Waals surface area (Å²) in [6.45, 7) is 0. The average molecular weight is 803 g/mol. The summed E-state index contributed by atoms with van der Waals surface area (Å²) in [6, 6.07) is 81.3. The van der Waals surface area contributed by atoms with Gasteiger partial charge in [-0.1, -0.05) is 179 Å². The third-order valence-electron chi connectivity index (χ3n) is 12.2. The fraction of sp³-hybridized carbons (Fsp3) is 0. The lowest BCUT2D eigenvalue weighted by molar-refractivity contribution is 0.669. The quantitative estimate of drug-likeness (QED) is 0.162. The lowest BCUT2D eigenvalue weighted by atomic mass is 10.0. The second-order valence-electron chi connectivity index (χ2n) is 15.4. The lowest BCUT2D eigenvalue weighted by Crippen LogP contribution is -2.87. The summed E-state index contributed by atoms with van der Waals surface area (Å²) < 4.78 is 6.72. The Morgan fingerprint density at radius 1 is 0.390 bits per heavy atom. The minimum absolute atomic E-state index is 0.878. The molecule has 0 saturated heterocycles. The highest BCUT2D eigenvalue weighted by Gasteiger charge is 2.53. The molecule has 0 fully saturated rings. The van der Waals surface area contributed by atoms with Crippen LogP contribution in [0.25, 0.3) is 33.1 Å². The van der Waals surface area contributed by atoms with Crippen LogP contribution in [0, 0.1) is 0 Å². The lowest BCUT2D eigenvalue weighted by Gasteiger charge is -2.46. The van der Waals surface area contributed by atoms with Gasteiger partial charge in [0, 0.05) is 43.7 Å². The van der Waals surface area contributed by atoms with E-state index in [0.717, 1.165) is 44.6 Å². The van der Waals surface area contributed by atoms with Crippen LogP contribution in [0.3, 0.4) is 0 Å². The van der Waals surface area contributed by atoms with Crippen molar-refractivity contribution in [2.24, 2.45) is 0 Å². The molecule has 0 atom stereocenters. The van der Waals surface area contributed by atoms with E-state index >= 15 is 0 Å². The summed E-state index contributed by atoms with van der Waals surface area (Å²) in [5, 5.41) is 12.6. The molecule has 12 rings (SSSR count). The van der Waals surface area contributed by atoms with Crippen LogP contribution >= 0.6 is 11.8 Å². The van der Waals surface area contributed by atoms with Crippen LogP contribution in [-0.4, -0.2) is 16.9 Å². The van der Waals surface area contributed by atoms with E-state index in [1.165, 1.54) is 51.7 Å². The van der Waals surface area contributed by atoms with Crippen molar-refractivity contribution in [2.45, 2.75) is 9.79 Å². The molecule has 2 aliphatic heterocycles. The molecule has 0 bridgehead atoms. The van der Waals surface area contributed by atoms with Crippen LogP contribution < -0.4 is 41.2 Å². The van der Waals surface area contributed by atoms with Crippen LogP contribution in [0.5, 0.6) is 0 Å². The van der Waals surface area contributed by atoms with Gasteiger partial charge in [0.15, 0.2) is 16.9 Å². The number of nitrogens with zero attached hydrogens (tertiary/aromatic N) is 1. The maximum Gasteiger partial charge on any atom is 0.181 e. The molecule has 0 N–H and O–H groups in total. The monoisotopic (exact) mass is 802 g/mol. The Kier molecular flexibility index (Phi) is 8.02. The van der Waals surface area contributed by atoms with Crippen molar-refractivity contribution in [1.29, 1.82) is 0 Å². The number of furan rings is 1. The Morgan fingerprint density at radius 3 is 1.66 bits per heavy atom. The molecule has 1 aromatic heterocycles. The smallest absolute Gasteiger partial charge is 0.181 e. The highest BCUT2D eigenvalue weighted by atomic mass is 32.2. The van der Waals surface area contributed by atoms with Gasteiger partial charge < -0.3 is 9.32 Å². The normalized spacial score (nSPS) is 13.8. The van der Waals surface area contributed by atoms with E-state index in [1.807, 2.05) is 11.8 Å². The van der Waals surface area contributed by atoms with E-state index < -0.39 is 16.9 Å². The zero-order chi connectivity index (χ0) is 38.9. The maximum atomic E-state index is 6.72. The number of anilines is 3. The molecule has 5 heteroatoms. The van der Waals surface area contributed by atoms with Gasteiger partial charge in [0.2, 0.25) is 0 Å². The second-order valence-corrected chi connectivity index (χ2v) is 22.5. The SMILES string of the molecule is c1ccc(-c2ccc3c(c2)oc2cc(N(c4ccccc4)c4ccc5c(c4)[Si]4(c6ccccc6Sc6ccccc64)c4ccccc4[Si]5c4ccccc4)ccc23)cc1. The molecule has 9 aromatic carbocycles. The zero-order valence-electron chi connectivity index (χ0n) is 32.0. The average Bonchev–Trinajstić information content (AvgIpc) is 3.67. The van der Waals surface area contributed by atoms with Gasteiger partial charge in [-0.2, -0.15) is 0 Å². The Morgan fingerprint density at radius 2 is 0.932 bits per heavy atom. The molecule has 0 saturated carbocycles. The molecule has 2 nitrogen and oxygen atoms in total. The van der Waals surface area contributed by atoms with Gasteiger partial charge in [0.25, 0.3) is 0 Å². The number of fused-ring (bicyclic) bond motifs is 11. The van der Waals surface area contributed by atoms with Crippen LogP contribution in [0.2, 0.25) is 0 Å². The van der Waals surface area contributed by atoms with Gasteiger partial charge in [0.05, 0.1) is 0 Å². The molecule has 3 heterocycles. The van der Waals surface area contributed by atoms with Crippen molar-refractivity contribution in [3.05, 3.63) is 218 Å². The van der Waals surface area contributed by atoms with E-state index in [-0.39, 0.29) is 0 Å². The molecular weight excluding hydrogens is 767 g/mol. The van der Waals surface area contributed by atoms with E-state index in [0.29, 0.717) is 0 Å². The largest absolute Gasteiger partial charge is 0.456 e. The first kappa shape index (κ1) is 34.4. The van der Waals surface area contributed by atoms with Crippen molar-refractivity contribution in [3.8, 4) is 11.1 Å². The van der Waals surface area contributed by atoms with Gasteiger partial charge in [-0.25, -0.2) is 0 Å². The van der Waals surface area contributed by atoms with Gasteiger partial charge in [0.1, 0.15) is 11.2 Å². The maximum absolute atomic E-state index is 6.72. The zero-order valence-corrected chi connectivity index (χ0v) is 34.9. The van der Waals surface area contributed by atoms with Crippen LogP contribution in [-0.2, 0) is 0 Å². The Labute approximate surface area is 350 Å². The Hall–Kier alpha value is -6.64. The molecule has 0 aliphatic carbocycles. The third-order valence-corrected chi connectivity index (χ3v) is 22.1. The van der Waals surface area contributed by atoms with Crippen LogP contribution in [0.4, 0.5) is 17.1 Å². The van der Waals surface area contributed by atoms with Gasteiger partial charge in [-0.3, -0.25) is 0 Å². The molecule has 10 aromatic rings. The summed E-state index contributed by atoms with van der Waals surface area (Å²) in [4.78, 5) is 5.16. The van der Waals surface area contributed by atoms with Gasteiger partial charge >= 0.3 is 0 Å². The van der Waals surface area contributed by atoms with Crippen LogP contribution in [0.15, 0.2) is 233 Å². The third kappa shape index (κ3) is 5.32. The van der Waals surface area contributed by atoms with Crippen LogP contribution in [0.1, 0.15) is 0 Å². The van der Waals surface area contributed by atoms with Crippen molar-refractivity contribution in [2.75, 3.05) is 4.90 Å². The van der Waals surface area contributed by atoms with E-state index in [2.05, 4.69) is 223 Å². The predicted molar refractivity (Wildman–Crippen MR) is 253 cm³/mol. The molecule has 2 aliphatic rings. The molecular formula is C54H36NOSSi2. The highest BCUT2D eigenvalue weighted by Crippen LogP contribution is 2.40. The van der Waals surface area contributed by atoms with Crippen molar-refractivity contribution in [3.63, 3.8) is 0 Å². The number of hydrogen-bond donors (Lipinski definition) is 0. The number of para-hydroxylation sites is 1. The first-order chi connectivity index (χ1) is 29.3. The summed E-state index contributed by atoms with van der Waals surface area (Å²) in [5.41, 5.74) is 7.42. The van der Waals surface area contributed by atoms with Crippen molar-refractivity contribution in [1.82, 2.24) is 0 Å². The van der Waals surface area contributed by atoms with E-state index in [1.54, 1.807) is 0 Å². The van der Waals surface area contributed by atoms with Gasteiger partial charge in [-0.15, -0.1) is 0 Å². The first-order valence-electron chi connectivity index (χ1n) is 20.2. The van der Waals surface area contributed by atoms with E-state index in [4.69, 9.17) is 4.42 Å². The topological polar surface area (TPSA) is 16.4 Å². The summed E-state index contributed by atoms with van der Waals surface area (Å²) >= 11 is 1.93. The molecule has 1 spiro atoms. The summed E-state index contributed by atoms with van der Waals surface area (Å²) in [7, 11) is -4.20. The number of benzene rings is 9. The fourth-order valence-electron chi connectivity index (χ4n) is 9.75. The second kappa shape index (κ2) is 13.7. The summed E-state index contributed by atoms with van der Waals surface area (Å²) in [5.74, 6) is 0. The Bertz CT molecular complexity index is 3170. The summed E-state index contributed by atoms with van der Waals surface area (Å²) in [6.07, 6.45) is 0. The number of hydrogen-bond acceptors (Lipinski definition) is 3. The highest BCUT2D eigenvalue weighted by molar-refractivity contribution is 8.00. The minimum atomic E-state index is -2.85.